The quantitative estimate of drug-likeness (QED) is 0.562. The van der Waals surface area contributed by atoms with Gasteiger partial charge in [-0.05, 0) is 43.9 Å². The highest BCUT2D eigenvalue weighted by Gasteiger charge is 2.29. The van der Waals surface area contributed by atoms with Crippen LogP contribution in [-0.2, 0) is 4.79 Å². The van der Waals surface area contributed by atoms with Crippen molar-refractivity contribution in [3.63, 3.8) is 0 Å². The maximum atomic E-state index is 12.7. The fourth-order valence-corrected chi connectivity index (χ4v) is 4.18. The minimum atomic E-state index is -0.364. The monoisotopic (exact) mass is 403 g/mol. The summed E-state index contributed by atoms with van der Waals surface area (Å²) < 4.78 is 8.73. The van der Waals surface area contributed by atoms with Crippen molar-refractivity contribution in [2.45, 2.75) is 31.7 Å². The van der Waals surface area contributed by atoms with Gasteiger partial charge in [0.1, 0.15) is 0 Å². The van der Waals surface area contributed by atoms with Gasteiger partial charge in [-0.15, -0.1) is 0 Å². The van der Waals surface area contributed by atoms with Crippen LogP contribution in [0.5, 0.6) is 0 Å². The number of carbonyl (C=O) groups is 1. The lowest BCUT2D eigenvalue weighted by Crippen LogP contribution is -2.30. The standard InChI is InChI=1S/C22H21N5O3/c28-21(24-20-11-13-26(25-20)16-4-2-1-3-5-16)15-6-8-17(9-7-15)27-18-10-12-23-14-19(18)30-22(27)29/h1-5,10-15,17H,6-9H2,(H,24,25,28). The number of nitrogens with zero attached hydrogens (tertiary/aromatic N) is 4. The first-order valence-electron chi connectivity index (χ1n) is 10.1. The smallest absolute Gasteiger partial charge is 0.406 e. The Bertz CT molecular complexity index is 1230. The van der Waals surface area contributed by atoms with Crippen LogP contribution in [0.1, 0.15) is 31.7 Å². The summed E-state index contributed by atoms with van der Waals surface area (Å²) in [5.74, 6) is 0.0481. The van der Waals surface area contributed by atoms with E-state index >= 15 is 0 Å². The number of amides is 1. The summed E-state index contributed by atoms with van der Waals surface area (Å²) in [4.78, 5) is 29.0. The van der Waals surface area contributed by atoms with Crippen molar-refractivity contribution in [3.8, 4) is 5.69 Å². The zero-order valence-corrected chi connectivity index (χ0v) is 16.3. The summed E-state index contributed by atoms with van der Waals surface area (Å²) in [5.41, 5.74) is 2.19. The predicted octanol–water partition coefficient (Wildman–Crippen LogP) is 3.55. The van der Waals surface area contributed by atoms with E-state index in [0.717, 1.165) is 24.0 Å². The molecule has 0 aliphatic heterocycles. The number of carbonyl (C=O) groups excluding carboxylic acids is 1. The van der Waals surface area contributed by atoms with Crippen molar-refractivity contribution in [1.29, 1.82) is 0 Å². The molecule has 4 aromatic rings. The molecule has 0 bridgehead atoms. The summed E-state index contributed by atoms with van der Waals surface area (Å²) >= 11 is 0. The molecule has 1 aromatic carbocycles. The van der Waals surface area contributed by atoms with Gasteiger partial charge in [-0.2, -0.15) is 5.10 Å². The van der Waals surface area contributed by atoms with Gasteiger partial charge < -0.3 is 9.73 Å². The van der Waals surface area contributed by atoms with Crippen LogP contribution in [0.2, 0.25) is 0 Å². The Balaban J connectivity index is 1.24. The normalized spacial score (nSPS) is 19.1. The molecule has 1 aliphatic carbocycles. The number of aromatic nitrogens is 4. The average molecular weight is 403 g/mol. The third-order valence-electron chi connectivity index (χ3n) is 5.71. The summed E-state index contributed by atoms with van der Waals surface area (Å²) in [6, 6.07) is 13.4. The lowest BCUT2D eigenvalue weighted by Gasteiger charge is -2.28. The SMILES string of the molecule is O=C(Nc1ccn(-c2ccccc2)n1)C1CCC(n2c(=O)oc3cnccc32)CC1. The number of para-hydroxylation sites is 1. The summed E-state index contributed by atoms with van der Waals surface area (Å²) in [5, 5.41) is 7.36. The van der Waals surface area contributed by atoms with Gasteiger partial charge in [0.15, 0.2) is 11.4 Å². The lowest BCUT2D eigenvalue weighted by atomic mass is 9.85. The maximum absolute atomic E-state index is 12.7. The molecule has 0 radical (unpaired) electrons. The molecule has 30 heavy (non-hydrogen) atoms. The number of pyridine rings is 1. The van der Waals surface area contributed by atoms with E-state index in [1.807, 2.05) is 36.5 Å². The van der Waals surface area contributed by atoms with Crippen molar-refractivity contribution >= 4 is 22.8 Å². The van der Waals surface area contributed by atoms with Crippen molar-refractivity contribution in [1.82, 2.24) is 19.3 Å². The van der Waals surface area contributed by atoms with Gasteiger partial charge in [-0.3, -0.25) is 14.3 Å². The predicted molar refractivity (Wildman–Crippen MR) is 111 cm³/mol. The zero-order chi connectivity index (χ0) is 20.5. The van der Waals surface area contributed by atoms with Gasteiger partial charge in [0, 0.05) is 30.4 Å². The number of fused-ring (bicyclic) bond motifs is 1. The van der Waals surface area contributed by atoms with Gasteiger partial charge in [0.25, 0.3) is 0 Å². The second-order valence-corrected chi connectivity index (χ2v) is 7.56. The average Bonchev–Trinajstić information content (AvgIpc) is 3.38. The molecule has 3 heterocycles. The summed E-state index contributed by atoms with van der Waals surface area (Å²) in [6.45, 7) is 0. The van der Waals surface area contributed by atoms with Crippen LogP contribution in [0.3, 0.4) is 0 Å². The Morgan fingerprint density at radius 2 is 1.87 bits per heavy atom. The lowest BCUT2D eigenvalue weighted by molar-refractivity contribution is -0.121. The van der Waals surface area contributed by atoms with E-state index in [1.54, 1.807) is 33.8 Å². The minimum absolute atomic E-state index is 0.0274. The van der Waals surface area contributed by atoms with Crippen LogP contribution in [0.4, 0.5) is 5.82 Å². The second kappa shape index (κ2) is 7.62. The second-order valence-electron chi connectivity index (χ2n) is 7.56. The highest BCUT2D eigenvalue weighted by atomic mass is 16.4. The van der Waals surface area contributed by atoms with Crippen LogP contribution in [-0.4, -0.2) is 25.2 Å². The van der Waals surface area contributed by atoms with Crippen LogP contribution < -0.4 is 11.1 Å². The Hall–Kier alpha value is -3.68. The fraction of sp³-hybridized carbons (Fsp3) is 0.273. The number of hydrogen-bond donors (Lipinski definition) is 1. The summed E-state index contributed by atoms with van der Waals surface area (Å²) in [7, 11) is 0. The number of hydrogen-bond acceptors (Lipinski definition) is 5. The molecule has 1 N–H and O–H groups in total. The van der Waals surface area contributed by atoms with E-state index < -0.39 is 0 Å². The molecule has 0 saturated heterocycles. The third-order valence-corrected chi connectivity index (χ3v) is 5.71. The van der Waals surface area contributed by atoms with Crippen LogP contribution in [0, 0.1) is 5.92 Å². The number of rotatable bonds is 4. The highest BCUT2D eigenvalue weighted by Crippen LogP contribution is 2.33. The Morgan fingerprint density at radius 1 is 1.07 bits per heavy atom. The molecule has 8 nitrogen and oxygen atoms in total. The molecule has 1 saturated carbocycles. The van der Waals surface area contributed by atoms with E-state index in [4.69, 9.17) is 4.42 Å². The van der Waals surface area contributed by atoms with Gasteiger partial charge in [0.2, 0.25) is 5.91 Å². The first-order chi connectivity index (χ1) is 14.7. The summed E-state index contributed by atoms with van der Waals surface area (Å²) in [6.07, 6.45) is 7.94. The Kier molecular flexibility index (Phi) is 4.66. The van der Waals surface area contributed by atoms with Crippen molar-refractivity contribution < 1.29 is 9.21 Å². The molecular weight excluding hydrogens is 382 g/mol. The molecule has 0 unspecified atom stereocenters. The Labute approximate surface area is 172 Å². The number of anilines is 1. The van der Waals surface area contributed by atoms with Crippen LogP contribution >= 0.6 is 0 Å². The molecule has 1 aliphatic rings. The van der Waals surface area contributed by atoms with E-state index in [1.165, 1.54) is 0 Å². The topological polar surface area (TPSA) is 95.0 Å². The molecule has 3 aromatic heterocycles. The van der Waals surface area contributed by atoms with Gasteiger partial charge in [-0.25, -0.2) is 9.48 Å². The van der Waals surface area contributed by atoms with Crippen molar-refractivity contribution in [3.05, 3.63) is 71.6 Å². The highest BCUT2D eigenvalue weighted by molar-refractivity contribution is 5.91. The number of nitrogens with one attached hydrogen (secondary N) is 1. The van der Waals surface area contributed by atoms with Crippen LogP contribution in [0.15, 0.2) is 70.3 Å². The fourth-order valence-electron chi connectivity index (χ4n) is 4.18. The molecule has 0 atom stereocenters. The third kappa shape index (κ3) is 3.41. The minimum Gasteiger partial charge on any atom is -0.406 e. The molecular formula is C22H21N5O3. The first-order valence-corrected chi connectivity index (χ1v) is 10.1. The zero-order valence-electron chi connectivity index (χ0n) is 16.3. The van der Waals surface area contributed by atoms with Crippen molar-refractivity contribution in [2.24, 2.45) is 5.92 Å². The first kappa shape index (κ1) is 18.4. The van der Waals surface area contributed by atoms with Gasteiger partial charge >= 0.3 is 5.76 Å². The maximum Gasteiger partial charge on any atom is 0.420 e. The molecule has 152 valence electrons. The molecule has 8 heteroatoms. The van der Waals surface area contributed by atoms with E-state index in [2.05, 4.69) is 15.4 Å². The van der Waals surface area contributed by atoms with E-state index in [9.17, 15) is 9.59 Å². The van der Waals surface area contributed by atoms with E-state index in [0.29, 0.717) is 24.2 Å². The molecule has 1 fully saturated rings. The number of benzene rings is 1. The van der Waals surface area contributed by atoms with Gasteiger partial charge in [-0.1, -0.05) is 18.2 Å². The molecule has 0 spiro atoms. The molecule has 1 amide bonds. The van der Waals surface area contributed by atoms with Gasteiger partial charge in [0.05, 0.1) is 17.4 Å². The van der Waals surface area contributed by atoms with E-state index in [-0.39, 0.29) is 23.6 Å². The largest absolute Gasteiger partial charge is 0.420 e. The van der Waals surface area contributed by atoms with Crippen LogP contribution in [0.25, 0.3) is 16.8 Å². The Morgan fingerprint density at radius 3 is 2.67 bits per heavy atom. The number of oxazole rings is 1. The van der Waals surface area contributed by atoms with Crippen molar-refractivity contribution in [2.75, 3.05) is 5.32 Å². The molecule has 5 rings (SSSR count).